The zero-order chi connectivity index (χ0) is 16.7. The van der Waals surface area contributed by atoms with Crippen LogP contribution in [-0.2, 0) is 4.79 Å². The van der Waals surface area contributed by atoms with E-state index in [1.54, 1.807) is 18.5 Å². The molecule has 0 radical (unpaired) electrons. The quantitative estimate of drug-likeness (QED) is 0.670. The number of halogens is 1. The lowest BCUT2D eigenvalue weighted by Crippen LogP contribution is -2.11. The van der Waals surface area contributed by atoms with Gasteiger partial charge >= 0.3 is 0 Å². The average Bonchev–Trinajstić information content (AvgIpc) is 2.85. The van der Waals surface area contributed by atoms with Gasteiger partial charge in [0.25, 0.3) is 0 Å². The van der Waals surface area contributed by atoms with Gasteiger partial charge in [0.05, 0.1) is 24.4 Å². The molecule has 0 saturated heterocycles. The molecule has 1 aliphatic rings. The molecule has 0 aliphatic carbocycles. The zero-order valence-electron chi connectivity index (χ0n) is 12.6. The lowest BCUT2D eigenvalue weighted by Gasteiger charge is -2.10. The molecule has 0 saturated carbocycles. The minimum absolute atomic E-state index is 0.130. The lowest BCUT2D eigenvalue weighted by atomic mass is 9.97. The number of carbonyl (C=O) groups is 1. The summed E-state index contributed by atoms with van der Waals surface area (Å²) in [7, 11) is 0. The largest absolute Gasteiger partial charge is 0.392 e. The Morgan fingerprint density at radius 3 is 2.92 bits per heavy atom. The van der Waals surface area contributed by atoms with E-state index >= 15 is 0 Å². The Labute approximate surface area is 143 Å². The van der Waals surface area contributed by atoms with E-state index in [9.17, 15) is 9.90 Å². The minimum Gasteiger partial charge on any atom is -0.392 e. The van der Waals surface area contributed by atoms with Crippen molar-refractivity contribution in [3.63, 3.8) is 0 Å². The van der Waals surface area contributed by atoms with Gasteiger partial charge in [-0.15, -0.1) is 0 Å². The molecular weight excluding hydrogens is 326 g/mol. The molecule has 1 amide bonds. The third-order valence-corrected chi connectivity index (χ3v) is 4.38. The van der Waals surface area contributed by atoms with Gasteiger partial charge in [-0.1, -0.05) is 17.7 Å². The maximum Gasteiger partial charge on any atom is 0.228 e. The molecule has 24 heavy (non-hydrogen) atoms. The van der Waals surface area contributed by atoms with Gasteiger partial charge < -0.3 is 15.4 Å². The summed E-state index contributed by atoms with van der Waals surface area (Å²) in [4.78, 5) is 19.8. The predicted molar refractivity (Wildman–Crippen MR) is 93.9 cm³/mol. The zero-order valence-corrected chi connectivity index (χ0v) is 13.4. The number of aromatic amines is 1. The average molecular weight is 340 g/mol. The highest BCUT2D eigenvalue weighted by atomic mass is 35.5. The van der Waals surface area contributed by atoms with Crippen LogP contribution in [0.15, 0.2) is 48.3 Å². The molecule has 1 aliphatic heterocycles. The van der Waals surface area contributed by atoms with Crippen LogP contribution in [0.1, 0.15) is 17.7 Å². The number of aliphatic hydroxyl groups is 1. The summed E-state index contributed by atoms with van der Waals surface area (Å²) >= 11 is 6.12. The van der Waals surface area contributed by atoms with E-state index < -0.39 is 0 Å². The van der Waals surface area contributed by atoms with Crippen LogP contribution in [0, 0.1) is 0 Å². The normalized spacial score (nSPS) is 14.5. The molecule has 0 atom stereocenters. The Kier molecular flexibility index (Phi) is 3.59. The maximum absolute atomic E-state index is 12.3. The number of aromatic nitrogens is 2. The summed E-state index contributed by atoms with van der Waals surface area (Å²) in [5.41, 5.74) is 4.60. The maximum atomic E-state index is 12.3. The van der Waals surface area contributed by atoms with E-state index in [4.69, 9.17) is 11.6 Å². The third kappa shape index (κ3) is 2.38. The number of aliphatic hydroxyl groups excluding tert-OH is 1. The second-order valence-corrected chi connectivity index (χ2v) is 6.10. The second kappa shape index (κ2) is 5.78. The molecule has 0 unspecified atom stereocenters. The molecular formula is C18H14ClN3O2. The molecule has 5 nitrogen and oxygen atoms in total. The van der Waals surface area contributed by atoms with Crippen molar-refractivity contribution in [3.8, 4) is 0 Å². The third-order valence-electron chi connectivity index (χ3n) is 4.14. The molecule has 3 aromatic rings. The monoisotopic (exact) mass is 339 g/mol. The van der Waals surface area contributed by atoms with Gasteiger partial charge in [-0.2, -0.15) is 0 Å². The van der Waals surface area contributed by atoms with Crippen LogP contribution in [0.25, 0.3) is 16.5 Å². The minimum atomic E-state index is -0.201. The number of benzene rings is 1. The number of hydrogen-bond acceptors (Lipinski definition) is 3. The highest BCUT2D eigenvalue weighted by Crippen LogP contribution is 2.40. The molecule has 6 heteroatoms. The van der Waals surface area contributed by atoms with E-state index in [1.165, 1.54) is 0 Å². The summed E-state index contributed by atoms with van der Waals surface area (Å²) in [6.07, 6.45) is 3.54. The van der Waals surface area contributed by atoms with E-state index in [-0.39, 0.29) is 18.9 Å². The van der Waals surface area contributed by atoms with Crippen molar-refractivity contribution < 1.29 is 9.90 Å². The Hall–Kier alpha value is -2.63. The number of rotatable bonds is 2. The molecule has 2 aromatic heterocycles. The summed E-state index contributed by atoms with van der Waals surface area (Å²) in [6, 6.07) is 9.23. The van der Waals surface area contributed by atoms with Crippen LogP contribution in [-0.4, -0.2) is 27.6 Å². The van der Waals surface area contributed by atoms with Crippen molar-refractivity contribution in [1.29, 1.82) is 0 Å². The number of nitrogens with one attached hydrogen (secondary N) is 2. The van der Waals surface area contributed by atoms with Crippen molar-refractivity contribution in [2.75, 3.05) is 11.9 Å². The van der Waals surface area contributed by atoms with E-state index in [1.807, 2.05) is 24.3 Å². The number of pyridine rings is 1. The number of amides is 1. The van der Waals surface area contributed by atoms with Crippen LogP contribution in [0.5, 0.6) is 0 Å². The first-order valence-corrected chi connectivity index (χ1v) is 7.90. The summed E-state index contributed by atoms with van der Waals surface area (Å²) in [6.45, 7) is -0.201. The Morgan fingerprint density at radius 2 is 2.17 bits per heavy atom. The van der Waals surface area contributed by atoms with Crippen LogP contribution in [0.4, 0.5) is 5.69 Å². The Balaban J connectivity index is 2.07. The van der Waals surface area contributed by atoms with Crippen LogP contribution >= 0.6 is 11.6 Å². The van der Waals surface area contributed by atoms with Gasteiger partial charge in [0.2, 0.25) is 5.91 Å². The smallest absolute Gasteiger partial charge is 0.228 e. The van der Waals surface area contributed by atoms with Crippen molar-refractivity contribution >= 4 is 39.7 Å². The SMILES string of the molecule is O=C1CC(CO)=C(c2cccnc2)c2[nH]c3ccc(Cl)cc3c2N1. The fourth-order valence-corrected chi connectivity index (χ4v) is 3.29. The Bertz CT molecular complexity index is 977. The molecule has 0 bridgehead atoms. The second-order valence-electron chi connectivity index (χ2n) is 5.67. The summed E-state index contributed by atoms with van der Waals surface area (Å²) < 4.78 is 0. The van der Waals surface area contributed by atoms with Crippen LogP contribution in [0.3, 0.4) is 0 Å². The van der Waals surface area contributed by atoms with E-state index in [0.717, 1.165) is 27.7 Å². The van der Waals surface area contributed by atoms with Gasteiger partial charge in [-0.25, -0.2) is 0 Å². The molecule has 1 aromatic carbocycles. The molecule has 3 N–H and O–H groups in total. The number of carbonyl (C=O) groups excluding carboxylic acids is 1. The first kappa shape index (κ1) is 14.9. The summed E-state index contributed by atoms with van der Waals surface area (Å²) in [5.74, 6) is -0.167. The number of hydrogen-bond donors (Lipinski definition) is 3. The van der Waals surface area contributed by atoms with Gasteiger partial charge in [-0.05, 0) is 29.8 Å². The predicted octanol–water partition coefficient (Wildman–Crippen LogP) is 3.35. The lowest BCUT2D eigenvalue weighted by molar-refractivity contribution is -0.115. The van der Waals surface area contributed by atoms with Gasteiger partial charge in [-0.3, -0.25) is 9.78 Å². The van der Waals surface area contributed by atoms with Crippen molar-refractivity contribution in [1.82, 2.24) is 9.97 Å². The van der Waals surface area contributed by atoms with Crippen molar-refractivity contribution in [2.45, 2.75) is 6.42 Å². The number of anilines is 1. The van der Waals surface area contributed by atoms with Crippen LogP contribution < -0.4 is 5.32 Å². The highest BCUT2D eigenvalue weighted by molar-refractivity contribution is 6.31. The molecule has 120 valence electrons. The van der Waals surface area contributed by atoms with Gasteiger partial charge in [0.15, 0.2) is 0 Å². The van der Waals surface area contributed by atoms with Crippen molar-refractivity contribution in [2.24, 2.45) is 0 Å². The van der Waals surface area contributed by atoms with Gasteiger partial charge in [0, 0.05) is 39.5 Å². The molecule has 4 rings (SSSR count). The fourth-order valence-electron chi connectivity index (χ4n) is 3.12. The number of fused-ring (bicyclic) bond motifs is 3. The van der Waals surface area contributed by atoms with E-state index in [0.29, 0.717) is 16.3 Å². The van der Waals surface area contributed by atoms with E-state index in [2.05, 4.69) is 15.3 Å². The molecule has 0 fully saturated rings. The fraction of sp³-hybridized carbons (Fsp3) is 0.111. The summed E-state index contributed by atoms with van der Waals surface area (Å²) in [5, 5.41) is 14.2. The number of H-pyrrole nitrogens is 1. The standard InChI is InChI=1S/C18H14ClN3O2/c19-12-3-4-14-13(7-12)17-18(21-14)16(10-2-1-5-20-8-10)11(9-23)6-15(24)22-17/h1-5,7-8,21,23H,6,9H2,(H,22,24). The van der Waals surface area contributed by atoms with Gasteiger partial charge in [0.1, 0.15) is 0 Å². The van der Waals surface area contributed by atoms with Crippen LogP contribution in [0.2, 0.25) is 5.02 Å². The first-order chi connectivity index (χ1) is 11.7. The Morgan fingerprint density at radius 1 is 1.29 bits per heavy atom. The first-order valence-electron chi connectivity index (χ1n) is 7.52. The topological polar surface area (TPSA) is 78.0 Å². The number of nitrogens with zero attached hydrogens (tertiary/aromatic N) is 1. The highest BCUT2D eigenvalue weighted by Gasteiger charge is 2.25. The van der Waals surface area contributed by atoms with Crippen molar-refractivity contribution in [3.05, 3.63) is 64.6 Å². The molecule has 3 heterocycles. The molecule has 0 spiro atoms.